The van der Waals surface area contributed by atoms with Gasteiger partial charge in [0.2, 0.25) is 0 Å². The molecule has 2 aliphatic carbocycles. The van der Waals surface area contributed by atoms with E-state index in [1.54, 1.807) is 39.8 Å². The molecule has 6 N–H and O–H groups in total. The van der Waals surface area contributed by atoms with Crippen molar-refractivity contribution in [3.05, 3.63) is 108 Å². The number of ether oxygens (including phenoxy) is 4. The number of halogens is 6. The molecule has 2 aromatic rings. The van der Waals surface area contributed by atoms with Gasteiger partial charge in [-0.3, -0.25) is 9.59 Å². The minimum absolute atomic E-state index is 0.0101. The zero-order valence-corrected chi connectivity index (χ0v) is 40.1. The molecule has 2 aliphatic rings. The Hall–Kier alpha value is -4.72. The van der Waals surface area contributed by atoms with Crippen molar-refractivity contribution in [2.75, 3.05) is 13.2 Å². The van der Waals surface area contributed by atoms with Crippen LogP contribution >= 0.6 is 0 Å². The zero-order chi connectivity index (χ0) is 52.0. The molecule has 0 amide bonds. The molecule has 2 aromatic carbocycles. The van der Waals surface area contributed by atoms with Gasteiger partial charge in [0.05, 0.1) is 47.8 Å². The van der Waals surface area contributed by atoms with E-state index >= 15 is 0 Å². The number of aliphatic hydroxyl groups excluding tert-OH is 6. The number of rotatable bonds is 24. The van der Waals surface area contributed by atoms with Crippen molar-refractivity contribution < 1.29 is 85.5 Å². The van der Waals surface area contributed by atoms with Gasteiger partial charge in [0.15, 0.2) is 0 Å². The summed E-state index contributed by atoms with van der Waals surface area (Å²) >= 11 is 0. The molecule has 4 rings (SSSR count). The minimum Gasteiger partial charge on any atom is -0.491 e. The van der Waals surface area contributed by atoms with Gasteiger partial charge >= 0.3 is 24.3 Å². The molecule has 0 heterocycles. The summed E-state index contributed by atoms with van der Waals surface area (Å²) in [6.07, 6.45) is 4.18. The van der Waals surface area contributed by atoms with E-state index in [4.69, 9.17) is 18.9 Å². The van der Waals surface area contributed by atoms with Gasteiger partial charge in [0.25, 0.3) is 0 Å². The third-order valence-electron chi connectivity index (χ3n) is 11.5. The number of carbonyl (C=O) groups excluding carboxylic acids is 2. The summed E-state index contributed by atoms with van der Waals surface area (Å²) in [4.78, 5) is 23.1. The first kappa shape index (κ1) is 59.6. The molecule has 5 unspecified atom stereocenters. The Kier molecular flexibility index (Phi) is 25.2. The number of hydrogen-bond donors (Lipinski definition) is 6. The molecule has 392 valence electrons. The van der Waals surface area contributed by atoms with Crippen LogP contribution in [0.25, 0.3) is 0 Å². The van der Waals surface area contributed by atoms with E-state index in [1.807, 2.05) is 24.3 Å². The fourth-order valence-electron chi connectivity index (χ4n) is 8.04. The molecule has 10 atom stereocenters. The Labute approximate surface area is 406 Å². The maximum Gasteiger partial charge on any atom is 0.416 e. The first-order valence-corrected chi connectivity index (χ1v) is 23.7. The van der Waals surface area contributed by atoms with Crippen LogP contribution in [0.1, 0.15) is 103 Å². The summed E-state index contributed by atoms with van der Waals surface area (Å²) in [5, 5.41) is 61.7. The van der Waals surface area contributed by atoms with Crippen LogP contribution in [-0.4, -0.2) is 105 Å². The summed E-state index contributed by atoms with van der Waals surface area (Å²) in [7, 11) is 0. The van der Waals surface area contributed by atoms with Crippen LogP contribution in [0.3, 0.4) is 0 Å². The van der Waals surface area contributed by atoms with Crippen molar-refractivity contribution in [1.29, 1.82) is 0 Å². The molecule has 2 fully saturated rings. The first-order chi connectivity index (χ1) is 32.9. The SMILES string of the molecule is CC(C)OC(=O)CCC/C=C/CC1C(O)CC(O)C1/C=C/C(O)COc1cccc(C(F)(F)F)c1.CC(C)OC(=O)CCC/C=C\C[C@@H]1[C@@H](/C=C/[C@@H](O)COc2cccc(C(F)(F)F)c2)[C@H](O)C[C@@H]1O. The number of aliphatic hydroxyl groups is 6. The monoisotopic (exact) mass is 1000 g/mol. The number of benzene rings is 2. The standard InChI is InChI=1S/2C26H35F3O6/c2*1-17(2)35-25(33)11-6-4-3-5-10-21-22(24(32)15-23(21)31)13-12-19(30)16-34-20-9-7-8-18(14-20)26(27,28)29/h2*3,5,7-9,12-14,17,19,21-24,30-32H,4,6,10-11,15-16H2,1-2H3/b5-3+,13-12+;5-3-,13-12+/t;19-,21-,22-,23+,24-/m.1/s1. The lowest BCUT2D eigenvalue weighted by molar-refractivity contribution is -0.148. The van der Waals surface area contributed by atoms with E-state index in [9.17, 15) is 66.6 Å². The van der Waals surface area contributed by atoms with E-state index < -0.39 is 60.1 Å². The number of allylic oxidation sites excluding steroid dienone is 4. The van der Waals surface area contributed by atoms with Gasteiger partial charge in [-0.2, -0.15) is 26.3 Å². The summed E-state index contributed by atoms with van der Waals surface area (Å²) in [5.74, 6) is -1.77. The minimum atomic E-state index is -4.49. The summed E-state index contributed by atoms with van der Waals surface area (Å²) in [5.41, 5.74) is -1.68. The Morgan fingerprint density at radius 3 is 1.31 bits per heavy atom. The summed E-state index contributed by atoms with van der Waals surface area (Å²) < 4.78 is 97.5. The first-order valence-electron chi connectivity index (χ1n) is 23.7. The maximum atomic E-state index is 12.8. The topological polar surface area (TPSA) is 192 Å². The second kappa shape index (κ2) is 29.6. The highest BCUT2D eigenvalue weighted by Crippen LogP contribution is 2.38. The normalized spacial score (nSPS) is 23.9. The lowest BCUT2D eigenvalue weighted by Crippen LogP contribution is -2.21. The third-order valence-corrected chi connectivity index (χ3v) is 11.5. The van der Waals surface area contributed by atoms with Gasteiger partial charge in [-0.15, -0.1) is 0 Å². The molecule has 0 aromatic heterocycles. The average molecular weight is 1000 g/mol. The van der Waals surface area contributed by atoms with Crippen LogP contribution in [0.5, 0.6) is 11.5 Å². The predicted octanol–water partition coefficient (Wildman–Crippen LogP) is 8.85. The van der Waals surface area contributed by atoms with Crippen LogP contribution in [-0.2, 0) is 31.4 Å². The van der Waals surface area contributed by atoms with Crippen molar-refractivity contribution in [2.24, 2.45) is 23.7 Å². The maximum absolute atomic E-state index is 12.8. The van der Waals surface area contributed by atoms with Gasteiger partial charge in [-0.25, -0.2) is 0 Å². The number of unbranched alkanes of at least 4 members (excludes halogenated alkanes) is 2. The number of hydrogen-bond acceptors (Lipinski definition) is 12. The van der Waals surface area contributed by atoms with Crippen molar-refractivity contribution in [3.8, 4) is 11.5 Å². The molecule has 70 heavy (non-hydrogen) atoms. The highest BCUT2D eigenvalue weighted by molar-refractivity contribution is 5.69. The lowest BCUT2D eigenvalue weighted by Gasteiger charge is -2.19. The third kappa shape index (κ3) is 22.1. The molecular formula is C52H70F6O12. The molecule has 2 saturated carbocycles. The van der Waals surface area contributed by atoms with Gasteiger partial charge in [-0.05, 0) is 114 Å². The molecule has 0 saturated heterocycles. The van der Waals surface area contributed by atoms with E-state index in [0.717, 1.165) is 24.3 Å². The van der Waals surface area contributed by atoms with Gasteiger partial charge < -0.3 is 49.6 Å². The average Bonchev–Trinajstić information content (AvgIpc) is 3.71. The molecular weight excluding hydrogens is 931 g/mol. The van der Waals surface area contributed by atoms with E-state index in [0.29, 0.717) is 51.4 Å². The van der Waals surface area contributed by atoms with Crippen molar-refractivity contribution >= 4 is 11.9 Å². The van der Waals surface area contributed by atoms with Crippen LogP contribution < -0.4 is 9.47 Å². The largest absolute Gasteiger partial charge is 0.491 e. The second-order valence-corrected chi connectivity index (χ2v) is 18.1. The van der Waals surface area contributed by atoms with E-state index in [-0.39, 0.29) is 85.4 Å². The predicted molar refractivity (Wildman–Crippen MR) is 249 cm³/mol. The highest BCUT2D eigenvalue weighted by atomic mass is 19.4. The Bertz CT molecular complexity index is 1840. The summed E-state index contributed by atoms with van der Waals surface area (Å²) in [6, 6.07) is 8.80. The Morgan fingerprint density at radius 2 is 0.971 bits per heavy atom. The van der Waals surface area contributed by atoms with Crippen LogP contribution in [0, 0.1) is 23.7 Å². The molecule has 0 bridgehead atoms. The summed E-state index contributed by atoms with van der Waals surface area (Å²) in [6.45, 7) is 6.68. The molecule has 0 spiro atoms. The number of esters is 2. The Balaban J connectivity index is 0.000000370. The van der Waals surface area contributed by atoms with Gasteiger partial charge in [0, 0.05) is 37.5 Å². The fourth-order valence-corrected chi connectivity index (χ4v) is 8.04. The van der Waals surface area contributed by atoms with E-state index in [2.05, 4.69) is 0 Å². The second-order valence-electron chi connectivity index (χ2n) is 18.1. The van der Waals surface area contributed by atoms with Gasteiger partial charge in [0.1, 0.15) is 36.9 Å². The molecule has 12 nitrogen and oxygen atoms in total. The molecule has 18 heteroatoms. The number of alkyl halides is 6. The fraction of sp³-hybridized carbons (Fsp3) is 0.577. The Morgan fingerprint density at radius 1 is 0.600 bits per heavy atom. The zero-order valence-electron chi connectivity index (χ0n) is 40.1. The molecule has 0 aliphatic heterocycles. The van der Waals surface area contributed by atoms with Crippen molar-refractivity contribution in [1.82, 2.24) is 0 Å². The molecule has 0 radical (unpaired) electrons. The van der Waals surface area contributed by atoms with Crippen LogP contribution in [0.2, 0.25) is 0 Å². The lowest BCUT2D eigenvalue weighted by atomic mass is 9.89. The van der Waals surface area contributed by atoms with Crippen LogP contribution in [0.15, 0.2) is 97.1 Å². The van der Waals surface area contributed by atoms with Crippen molar-refractivity contribution in [3.63, 3.8) is 0 Å². The van der Waals surface area contributed by atoms with Crippen molar-refractivity contribution in [2.45, 2.75) is 153 Å². The highest BCUT2D eigenvalue weighted by Gasteiger charge is 2.40. The number of carbonyl (C=O) groups is 2. The van der Waals surface area contributed by atoms with Gasteiger partial charge in [-0.1, -0.05) is 60.7 Å². The van der Waals surface area contributed by atoms with E-state index in [1.165, 1.54) is 36.4 Å². The van der Waals surface area contributed by atoms with Crippen LogP contribution in [0.4, 0.5) is 26.3 Å². The smallest absolute Gasteiger partial charge is 0.416 e. The quantitative estimate of drug-likeness (QED) is 0.0254.